The molecule has 0 aromatic carbocycles. The number of hydrogen-bond acceptors (Lipinski definition) is 15. The van der Waals surface area contributed by atoms with Crippen molar-refractivity contribution in [1.29, 1.82) is 0 Å². The lowest BCUT2D eigenvalue weighted by atomic mass is 10.1. The second-order valence-electron chi connectivity index (χ2n) is 24.9. The van der Waals surface area contributed by atoms with Crippen LogP contribution in [-0.4, -0.2) is 96.7 Å². The summed E-state index contributed by atoms with van der Waals surface area (Å²) in [4.78, 5) is 72.7. The Morgan fingerprint density at radius 2 is 0.571 bits per heavy atom. The van der Waals surface area contributed by atoms with Crippen molar-refractivity contribution in [3.8, 4) is 0 Å². The quantitative estimate of drug-likeness (QED) is 0.0169. The van der Waals surface area contributed by atoms with Gasteiger partial charge < -0.3 is 33.8 Å². The van der Waals surface area contributed by atoms with Gasteiger partial charge in [-0.25, -0.2) is 9.13 Å². The zero-order valence-electron chi connectivity index (χ0n) is 61.2. The summed E-state index contributed by atoms with van der Waals surface area (Å²) in [6.07, 6.45) is 76.4. The van der Waals surface area contributed by atoms with Crippen LogP contribution in [0.25, 0.3) is 0 Å². The molecule has 0 saturated heterocycles. The minimum Gasteiger partial charge on any atom is -0.462 e. The van der Waals surface area contributed by atoms with Crippen LogP contribution in [0, 0.1) is 0 Å². The molecule has 0 amide bonds. The molecule has 562 valence electrons. The first-order valence-corrected chi connectivity index (χ1v) is 40.8. The lowest BCUT2D eigenvalue weighted by Crippen LogP contribution is -2.30. The first-order chi connectivity index (χ1) is 47.7. The Morgan fingerprint density at radius 3 is 0.939 bits per heavy atom. The molecule has 17 nitrogen and oxygen atoms in total. The fourth-order valence-electron chi connectivity index (χ4n) is 9.67. The molecular weight excluding hydrogens is 1280 g/mol. The van der Waals surface area contributed by atoms with Crippen LogP contribution in [0.1, 0.15) is 297 Å². The van der Waals surface area contributed by atoms with Gasteiger partial charge in [-0.3, -0.25) is 37.3 Å². The van der Waals surface area contributed by atoms with Gasteiger partial charge in [-0.15, -0.1) is 0 Å². The minimum atomic E-state index is -4.99. The summed E-state index contributed by atoms with van der Waals surface area (Å²) in [6, 6.07) is 0. The summed E-state index contributed by atoms with van der Waals surface area (Å²) in [5.74, 6) is -2.30. The Morgan fingerprint density at radius 1 is 0.296 bits per heavy atom. The first kappa shape index (κ1) is 93.5. The Balaban J connectivity index is 5.41. The van der Waals surface area contributed by atoms with E-state index in [4.69, 9.17) is 37.0 Å². The van der Waals surface area contributed by atoms with E-state index >= 15 is 0 Å². The molecule has 0 aliphatic carbocycles. The summed E-state index contributed by atoms with van der Waals surface area (Å²) in [6.45, 7) is 4.54. The molecule has 98 heavy (non-hydrogen) atoms. The lowest BCUT2D eigenvalue weighted by Gasteiger charge is -2.21. The van der Waals surface area contributed by atoms with Crippen LogP contribution >= 0.6 is 15.6 Å². The predicted molar refractivity (Wildman–Crippen MR) is 399 cm³/mol. The number of phosphoric ester groups is 2. The van der Waals surface area contributed by atoms with Gasteiger partial charge >= 0.3 is 39.5 Å². The molecule has 0 rings (SSSR count). The zero-order valence-corrected chi connectivity index (χ0v) is 63.0. The number of carbonyl (C=O) groups is 4. The average Bonchev–Trinajstić information content (AvgIpc) is 0.992. The third-order valence-electron chi connectivity index (χ3n) is 15.4. The highest BCUT2D eigenvalue weighted by molar-refractivity contribution is 7.47. The monoisotopic (exact) mass is 1420 g/mol. The number of rotatable bonds is 70. The van der Waals surface area contributed by atoms with Gasteiger partial charge in [-0.05, 0) is 122 Å². The van der Waals surface area contributed by atoms with E-state index in [0.29, 0.717) is 32.1 Å². The van der Waals surface area contributed by atoms with E-state index in [2.05, 4.69) is 131 Å². The van der Waals surface area contributed by atoms with Gasteiger partial charge in [0.1, 0.15) is 19.3 Å². The molecule has 0 aromatic rings. The molecule has 3 N–H and O–H groups in total. The van der Waals surface area contributed by atoms with Gasteiger partial charge in [-0.2, -0.15) is 0 Å². The van der Waals surface area contributed by atoms with Crippen LogP contribution in [0.5, 0.6) is 0 Å². The van der Waals surface area contributed by atoms with Crippen molar-refractivity contribution < 1.29 is 80.2 Å². The number of aliphatic hydroxyl groups excluding tert-OH is 1. The fraction of sp³-hybridized carbons (Fsp3) is 0.696. The Bertz CT molecular complexity index is 2340. The van der Waals surface area contributed by atoms with Crippen molar-refractivity contribution in [3.63, 3.8) is 0 Å². The van der Waals surface area contributed by atoms with E-state index < -0.39 is 97.5 Å². The van der Waals surface area contributed by atoms with E-state index in [1.807, 2.05) is 18.2 Å². The van der Waals surface area contributed by atoms with Crippen LogP contribution < -0.4 is 0 Å². The Labute approximate surface area is 593 Å². The number of esters is 4. The summed E-state index contributed by atoms with van der Waals surface area (Å²) < 4.78 is 68.3. The summed E-state index contributed by atoms with van der Waals surface area (Å²) in [7, 11) is -9.97. The maximum atomic E-state index is 13.1. The molecule has 0 bridgehead atoms. The van der Waals surface area contributed by atoms with E-state index in [0.717, 1.165) is 154 Å². The molecule has 0 fully saturated rings. The summed E-state index contributed by atoms with van der Waals surface area (Å²) in [5.41, 5.74) is 0. The van der Waals surface area contributed by atoms with Crippen LogP contribution in [-0.2, 0) is 65.4 Å². The number of phosphoric acid groups is 2. The van der Waals surface area contributed by atoms with Crippen LogP contribution in [0.2, 0.25) is 0 Å². The fourth-order valence-corrected chi connectivity index (χ4v) is 11.2. The van der Waals surface area contributed by atoms with Gasteiger partial charge in [0.25, 0.3) is 0 Å². The highest BCUT2D eigenvalue weighted by Crippen LogP contribution is 2.45. The molecule has 0 aliphatic rings. The van der Waals surface area contributed by atoms with E-state index in [9.17, 15) is 43.2 Å². The lowest BCUT2D eigenvalue weighted by molar-refractivity contribution is -0.161. The molecule has 0 aliphatic heterocycles. The minimum absolute atomic E-state index is 0.0311. The van der Waals surface area contributed by atoms with Crippen LogP contribution in [0.3, 0.4) is 0 Å². The van der Waals surface area contributed by atoms with E-state index in [1.54, 1.807) is 0 Å². The molecule has 0 heterocycles. The second-order valence-corrected chi connectivity index (χ2v) is 27.8. The number of allylic oxidation sites excluding steroid dienone is 20. The third kappa shape index (κ3) is 69.9. The number of hydrogen-bond donors (Lipinski definition) is 3. The number of aliphatic hydroxyl groups is 1. The van der Waals surface area contributed by atoms with Crippen LogP contribution in [0.4, 0.5) is 0 Å². The van der Waals surface area contributed by atoms with E-state index in [-0.39, 0.29) is 25.7 Å². The van der Waals surface area contributed by atoms with Crippen molar-refractivity contribution in [1.82, 2.24) is 0 Å². The molecular formula is C79H134O17P2. The molecule has 5 atom stereocenters. The summed E-state index contributed by atoms with van der Waals surface area (Å²) in [5, 5.41) is 10.6. The molecule has 0 radical (unpaired) electrons. The van der Waals surface area contributed by atoms with Gasteiger partial charge in [0.05, 0.1) is 26.4 Å². The number of carbonyl (C=O) groups excluding carboxylic acids is 4. The average molecular weight is 1420 g/mol. The van der Waals surface area contributed by atoms with Crippen molar-refractivity contribution in [2.75, 3.05) is 39.6 Å². The first-order valence-electron chi connectivity index (χ1n) is 37.8. The topological polar surface area (TPSA) is 237 Å². The van der Waals surface area contributed by atoms with Crippen LogP contribution in [0.15, 0.2) is 122 Å². The summed E-state index contributed by atoms with van der Waals surface area (Å²) >= 11 is 0. The highest BCUT2D eigenvalue weighted by Gasteiger charge is 2.30. The smallest absolute Gasteiger partial charge is 0.462 e. The van der Waals surface area contributed by atoms with Crippen molar-refractivity contribution in [2.45, 2.75) is 316 Å². The second kappa shape index (κ2) is 70.9. The molecule has 19 heteroatoms. The number of ether oxygens (including phenoxy) is 4. The van der Waals surface area contributed by atoms with Crippen molar-refractivity contribution in [2.24, 2.45) is 0 Å². The van der Waals surface area contributed by atoms with Gasteiger partial charge in [0.15, 0.2) is 12.2 Å². The largest absolute Gasteiger partial charge is 0.472 e. The Kier molecular flexibility index (Phi) is 67.6. The highest BCUT2D eigenvalue weighted by atomic mass is 31.2. The number of unbranched alkanes of at least 4 members (excludes halogenated alkanes) is 24. The zero-order chi connectivity index (χ0) is 71.8. The SMILES string of the molecule is CC/C=C\C/C=C\C/C=C\C/C=C\C/C=C\C/C=C\CCC(=O)OCC(COP(=O)(O)OCC(O)COP(=O)(O)OCC(COC(=O)CCCCCCC/C=C\C/C=C\CCC)OC(=O)CCCCCCCCCCCCC)OC(=O)CCCCCCC/C=C\C/C=C\CCCCC. The molecule has 5 unspecified atom stereocenters. The molecule has 0 spiro atoms. The maximum absolute atomic E-state index is 13.1. The Hall–Kier alpha value is -4.54. The maximum Gasteiger partial charge on any atom is 0.472 e. The molecule has 0 saturated carbocycles. The standard InChI is InChI=1S/C79H134O17P2/c1-5-9-13-17-21-25-29-32-34-35-36-37-39-41-45-48-52-56-60-64-77(82)90-70-75(96-79(84)66-62-58-54-50-46-42-38-33-30-26-22-18-14-10-6-2)72-94-98(87,88)92-68-73(80)67-91-97(85,86)93-71-74(95-78(83)65-61-57-53-49-43-28-24-20-16-12-8-4)69-89-76(81)63-59-55-51-47-44-40-31-27-23-19-15-11-7-3/h9,13,15,19,21-22,25-27,31-34,36-38,41,45,52,56,73-75,80H,5-8,10-12,14,16-18,20,23-24,28-30,35,39-40,42-44,46-51,53-55,57-72H2,1-4H3,(H,85,86)(H,87,88)/b13-9-,19-15-,25-21-,26-22-,31-27-,34-32-,37-36-,38-33-,45-41-,56-52-. The van der Waals surface area contributed by atoms with E-state index in [1.165, 1.54) is 57.8 Å². The van der Waals surface area contributed by atoms with Gasteiger partial charge in [0, 0.05) is 25.7 Å². The predicted octanol–water partition coefficient (Wildman–Crippen LogP) is 21.6. The van der Waals surface area contributed by atoms with Crippen molar-refractivity contribution in [3.05, 3.63) is 122 Å². The normalized spacial score (nSPS) is 14.6. The van der Waals surface area contributed by atoms with Gasteiger partial charge in [-0.1, -0.05) is 271 Å². The van der Waals surface area contributed by atoms with Crippen molar-refractivity contribution >= 4 is 39.5 Å². The van der Waals surface area contributed by atoms with Gasteiger partial charge in [0.2, 0.25) is 0 Å². The molecule has 0 aromatic heterocycles. The third-order valence-corrected chi connectivity index (χ3v) is 17.3.